The average molecular weight is 305 g/mol. The number of hydrogen-bond donors (Lipinski definition) is 2. The summed E-state index contributed by atoms with van der Waals surface area (Å²) in [4.78, 5) is 10.9. The Morgan fingerprint density at radius 3 is 2.59 bits per heavy atom. The summed E-state index contributed by atoms with van der Waals surface area (Å²) in [5.74, 6) is 0.0251. The van der Waals surface area contributed by atoms with Gasteiger partial charge in [0.1, 0.15) is 17.9 Å². The van der Waals surface area contributed by atoms with Crippen LogP contribution in [-0.2, 0) is 11.2 Å². The van der Waals surface area contributed by atoms with Crippen LogP contribution in [-0.4, -0.2) is 29.8 Å². The van der Waals surface area contributed by atoms with Gasteiger partial charge in [0.25, 0.3) is 0 Å². The molecule has 1 aromatic carbocycles. The molecule has 1 fully saturated rings. The number of hydrogen-bond acceptors (Lipinski definition) is 3. The van der Waals surface area contributed by atoms with Crippen molar-refractivity contribution in [1.29, 1.82) is 0 Å². The van der Waals surface area contributed by atoms with E-state index in [9.17, 15) is 4.79 Å². The lowest BCUT2D eigenvalue weighted by Gasteiger charge is -2.13. The Labute approximate surface area is 132 Å². The highest BCUT2D eigenvalue weighted by Gasteiger charge is 2.30. The van der Waals surface area contributed by atoms with Crippen LogP contribution in [0.15, 0.2) is 24.3 Å². The topological polar surface area (TPSA) is 58.6 Å². The molecule has 0 spiro atoms. The van der Waals surface area contributed by atoms with Crippen molar-refractivity contribution in [3.05, 3.63) is 29.8 Å². The minimum absolute atomic E-state index is 0.0546. The first kappa shape index (κ1) is 16.8. The van der Waals surface area contributed by atoms with Crippen molar-refractivity contribution in [2.24, 2.45) is 0 Å². The van der Waals surface area contributed by atoms with Gasteiger partial charge in [-0.1, -0.05) is 44.7 Å². The van der Waals surface area contributed by atoms with E-state index in [0.29, 0.717) is 13.0 Å². The normalized spacial score (nSPS) is 21.0. The fourth-order valence-electron chi connectivity index (χ4n) is 2.84. The second-order valence-corrected chi connectivity index (χ2v) is 6.08. The summed E-state index contributed by atoms with van der Waals surface area (Å²) in [7, 11) is 0. The molecule has 1 saturated heterocycles. The molecule has 0 bridgehead atoms. The highest BCUT2D eigenvalue weighted by Crippen LogP contribution is 2.19. The minimum Gasteiger partial charge on any atom is -0.489 e. The molecule has 0 unspecified atom stereocenters. The molecule has 122 valence electrons. The number of carboxylic acids is 1. The maximum absolute atomic E-state index is 10.9. The van der Waals surface area contributed by atoms with Gasteiger partial charge in [-0.05, 0) is 30.5 Å². The number of ether oxygens (including phenoxy) is 1. The summed E-state index contributed by atoms with van der Waals surface area (Å²) in [5.41, 5.74) is 1.34. The van der Waals surface area contributed by atoms with Crippen LogP contribution >= 0.6 is 0 Å². The number of benzene rings is 1. The average Bonchev–Trinajstić information content (AvgIpc) is 2.97. The van der Waals surface area contributed by atoms with Crippen LogP contribution in [0.4, 0.5) is 0 Å². The van der Waals surface area contributed by atoms with Gasteiger partial charge in [-0.2, -0.15) is 0 Å². The Morgan fingerprint density at radius 2 is 1.95 bits per heavy atom. The van der Waals surface area contributed by atoms with Crippen molar-refractivity contribution in [2.75, 3.05) is 6.54 Å². The van der Waals surface area contributed by atoms with E-state index in [1.807, 2.05) is 12.1 Å². The molecule has 0 amide bonds. The van der Waals surface area contributed by atoms with Crippen molar-refractivity contribution < 1.29 is 14.6 Å². The van der Waals surface area contributed by atoms with Crippen LogP contribution in [0.2, 0.25) is 0 Å². The van der Waals surface area contributed by atoms with Gasteiger partial charge in [-0.25, -0.2) is 0 Å². The summed E-state index contributed by atoms with van der Waals surface area (Å²) in [6.07, 6.45) is 8.08. The summed E-state index contributed by atoms with van der Waals surface area (Å²) in [6.45, 7) is 2.83. The number of carboxylic acid groups (broad SMARTS) is 1. The molecule has 4 heteroatoms. The summed E-state index contributed by atoms with van der Waals surface area (Å²) in [5, 5.41) is 11.9. The van der Waals surface area contributed by atoms with E-state index in [0.717, 1.165) is 12.2 Å². The Hall–Kier alpha value is -1.55. The maximum atomic E-state index is 10.9. The van der Waals surface area contributed by atoms with Gasteiger partial charge >= 0.3 is 5.97 Å². The molecule has 22 heavy (non-hydrogen) atoms. The molecule has 1 heterocycles. The maximum Gasteiger partial charge on any atom is 0.320 e. The van der Waals surface area contributed by atoms with Crippen LogP contribution < -0.4 is 10.1 Å². The van der Waals surface area contributed by atoms with E-state index in [1.165, 1.54) is 37.7 Å². The van der Waals surface area contributed by atoms with E-state index < -0.39 is 12.0 Å². The van der Waals surface area contributed by atoms with Gasteiger partial charge < -0.3 is 15.2 Å². The quantitative estimate of drug-likeness (QED) is 0.687. The number of rotatable bonds is 9. The standard InChI is InChI=1S/C18H27NO3/c1-2-3-4-5-6-7-14-8-10-15(11-9-14)22-16-12-17(18(20)21)19-13-16/h8-11,16-17,19H,2-7,12-13H2,1H3,(H,20,21)/t16-,17+/m1/s1. The minimum atomic E-state index is -0.801. The molecule has 1 aromatic rings. The van der Waals surface area contributed by atoms with E-state index in [4.69, 9.17) is 9.84 Å². The predicted molar refractivity (Wildman–Crippen MR) is 87.4 cm³/mol. The van der Waals surface area contributed by atoms with Crippen molar-refractivity contribution in [3.63, 3.8) is 0 Å². The number of nitrogens with one attached hydrogen (secondary N) is 1. The zero-order valence-corrected chi connectivity index (χ0v) is 13.4. The third kappa shape index (κ3) is 5.34. The zero-order chi connectivity index (χ0) is 15.8. The number of unbranched alkanes of at least 4 members (excludes halogenated alkanes) is 4. The van der Waals surface area contributed by atoms with Crippen LogP contribution in [0, 0.1) is 0 Å². The molecule has 2 atom stereocenters. The van der Waals surface area contributed by atoms with Gasteiger partial charge in [0, 0.05) is 13.0 Å². The van der Waals surface area contributed by atoms with Crippen molar-refractivity contribution in [3.8, 4) is 5.75 Å². The van der Waals surface area contributed by atoms with E-state index >= 15 is 0 Å². The highest BCUT2D eigenvalue weighted by atomic mass is 16.5. The van der Waals surface area contributed by atoms with E-state index in [1.54, 1.807) is 0 Å². The van der Waals surface area contributed by atoms with E-state index in [-0.39, 0.29) is 6.10 Å². The van der Waals surface area contributed by atoms with Gasteiger partial charge in [0.05, 0.1) is 0 Å². The fourth-order valence-corrected chi connectivity index (χ4v) is 2.84. The van der Waals surface area contributed by atoms with Crippen LogP contribution in [0.3, 0.4) is 0 Å². The highest BCUT2D eigenvalue weighted by molar-refractivity contribution is 5.73. The van der Waals surface area contributed by atoms with Crippen LogP contribution in [0.5, 0.6) is 5.75 Å². The Kier molecular flexibility index (Phi) is 6.72. The third-order valence-electron chi connectivity index (χ3n) is 4.18. The first-order chi connectivity index (χ1) is 10.7. The smallest absolute Gasteiger partial charge is 0.320 e. The second-order valence-electron chi connectivity index (χ2n) is 6.08. The molecule has 1 aliphatic rings. The SMILES string of the molecule is CCCCCCCc1ccc(O[C@H]2CN[C@H](C(=O)O)C2)cc1. The lowest BCUT2D eigenvalue weighted by atomic mass is 10.1. The van der Waals surface area contributed by atoms with Crippen LogP contribution in [0.25, 0.3) is 0 Å². The molecule has 0 saturated carbocycles. The van der Waals surface area contributed by atoms with E-state index in [2.05, 4.69) is 24.4 Å². The second kappa shape index (κ2) is 8.79. The molecule has 0 radical (unpaired) electrons. The Morgan fingerprint density at radius 1 is 1.23 bits per heavy atom. The Bertz CT molecular complexity index is 458. The molecular formula is C18H27NO3. The number of aliphatic carboxylic acids is 1. The first-order valence-corrected chi connectivity index (χ1v) is 8.41. The molecule has 2 N–H and O–H groups in total. The first-order valence-electron chi connectivity index (χ1n) is 8.41. The number of aryl methyl sites for hydroxylation is 1. The van der Waals surface area contributed by atoms with Crippen molar-refractivity contribution >= 4 is 5.97 Å². The summed E-state index contributed by atoms with van der Waals surface area (Å²) >= 11 is 0. The molecule has 1 aliphatic heterocycles. The van der Waals surface area contributed by atoms with Gasteiger partial charge in [-0.15, -0.1) is 0 Å². The van der Waals surface area contributed by atoms with Gasteiger partial charge in [0.2, 0.25) is 0 Å². The summed E-state index contributed by atoms with van der Waals surface area (Å²) in [6, 6.07) is 7.75. The van der Waals surface area contributed by atoms with Crippen molar-refractivity contribution in [2.45, 2.75) is 64.0 Å². The Balaban J connectivity index is 1.72. The zero-order valence-electron chi connectivity index (χ0n) is 13.4. The number of carbonyl (C=O) groups is 1. The monoisotopic (exact) mass is 305 g/mol. The third-order valence-corrected chi connectivity index (χ3v) is 4.18. The lowest BCUT2D eigenvalue weighted by molar-refractivity contribution is -0.139. The molecule has 0 aromatic heterocycles. The largest absolute Gasteiger partial charge is 0.489 e. The molecule has 4 nitrogen and oxygen atoms in total. The molecular weight excluding hydrogens is 278 g/mol. The van der Waals surface area contributed by atoms with Gasteiger partial charge in [-0.3, -0.25) is 4.79 Å². The predicted octanol–water partition coefficient (Wildman–Crippen LogP) is 3.39. The molecule has 0 aliphatic carbocycles. The van der Waals surface area contributed by atoms with Crippen LogP contribution in [0.1, 0.15) is 51.0 Å². The molecule has 2 rings (SSSR count). The fraction of sp³-hybridized carbons (Fsp3) is 0.611. The van der Waals surface area contributed by atoms with Crippen molar-refractivity contribution in [1.82, 2.24) is 5.32 Å². The van der Waals surface area contributed by atoms with Gasteiger partial charge in [0.15, 0.2) is 0 Å². The lowest BCUT2D eigenvalue weighted by Crippen LogP contribution is -2.30. The summed E-state index contributed by atoms with van der Waals surface area (Å²) < 4.78 is 5.84.